The molecule has 0 aliphatic rings. The van der Waals surface area contributed by atoms with E-state index in [2.05, 4.69) is 19.9 Å². The first-order valence-electron chi connectivity index (χ1n) is 7.08. The van der Waals surface area contributed by atoms with E-state index in [1.54, 1.807) is 17.9 Å². The highest BCUT2D eigenvalue weighted by atomic mass is 32.1. The van der Waals surface area contributed by atoms with Crippen LogP contribution in [0.1, 0.15) is 5.69 Å². The molecule has 114 valence electrons. The number of nitrogens with two attached hydrogens (primary N) is 1. The molecular weight excluding hydrogens is 320 g/mol. The first-order valence-corrected chi connectivity index (χ1v) is 7.96. The minimum atomic E-state index is 0.115. The van der Waals surface area contributed by atoms with Crippen LogP contribution in [-0.2, 0) is 0 Å². The van der Waals surface area contributed by atoms with Crippen LogP contribution in [0.15, 0.2) is 48.2 Å². The lowest BCUT2D eigenvalue weighted by molar-refractivity contribution is 1.19. The molecule has 3 heterocycles. The van der Waals surface area contributed by atoms with E-state index < -0.39 is 0 Å². The van der Waals surface area contributed by atoms with Gasteiger partial charge in [0.1, 0.15) is 11.8 Å². The van der Waals surface area contributed by atoms with Crippen molar-refractivity contribution in [3.8, 4) is 27.9 Å². The number of hydrogen-bond donors (Lipinski definition) is 1. The number of benzene rings is 1. The lowest BCUT2D eigenvalue weighted by atomic mass is 10.1. The van der Waals surface area contributed by atoms with E-state index in [4.69, 9.17) is 5.73 Å². The number of fused-ring (bicyclic) bond motifs is 1. The van der Waals surface area contributed by atoms with Crippen LogP contribution >= 0.6 is 11.3 Å². The van der Waals surface area contributed by atoms with Crippen molar-refractivity contribution in [2.45, 2.75) is 0 Å². The number of rotatable bonds is 2. The Bertz CT molecular complexity index is 1080. The summed E-state index contributed by atoms with van der Waals surface area (Å²) >= 11 is 1.45. The predicted molar refractivity (Wildman–Crippen MR) is 93.0 cm³/mol. The van der Waals surface area contributed by atoms with Gasteiger partial charge in [-0.05, 0) is 18.2 Å². The van der Waals surface area contributed by atoms with Gasteiger partial charge in [0.2, 0.25) is 0 Å². The van der Waals surface area contributed by atoms with Gasteiger partial charge in [-0.25, -0.2) is 9.97 Å². The summed E-state index contributed by atoms with van der Waals surface area (Å²) in [5, 5.41) is 10.2. The maximum Gasteiger partial charge on any atom is 0.183 e. The van der Waals surface area contributed by atoms with Crippen molar-refractivity contribution in [1.29, 1.82) is 5.26 Å². The van der Waals surface area contributed by atoms with Gasteiger partial charge in [-0.3, -0.25) is 9.97 Å². The van der Waals surface area contributed by atoms with Crippen LogP contribution < -0.4 is 5.73 Å². The highest BCUT2D eigenvalue weighted by Crippen LogP contribution is 2.33. The van der Waals surface area contributed by atoms with Gasteiger partial charge < -0.3 is 5.73 Å². The molecule has 0 spiro atoms. The lowest BCUT2D eigenvalue weighted by Gasteiger charge is -2.09. The van der Waals surface area contributed by atoms with Crippen molar-refractivity contribution in [3.63, 3.8) is 0 Å². The van der Waals surface area contributed by atoms with Gasteiger partial charge in [0, 0.05) is 23.3 Å². The molecular formula is C17H10N6S. The van der Waals surface area contributed by atoms with Crippen molar-refractivity contribution in [1.82, 2.24) is 19.9 Å². The van der Waals surface area contributed by atoms with Crippen molar-refractivity contribution < 1.29 is 0 Å². The summed E-state index contributed by atoms with van der Waals surface area (Å²) < 4.78 is 0. The molecule has 4 rings (SSSR count). The Balaban J connectivity index is 2.00. The largest absolute Gasteiger partial charge is 0.381 e. The van der Waals surface area contributed by atoms with Crippen LogP contribution in [0.4, 0.5) is 5.82 Å². The van der Waals surface area contributed by atoms with E-state index in [9.17, 15) is 5.26 Å². The molecule has 7 heteroatoms. The first kappa shape index (κ1) is 14.2. The molecule has 0 saturated heterocycles. The molecule has 0 atom stereocenters. The highest BCUT2D eigenvalue weighted by Gasteiger charge is 2.16. The standard InChI is InChI=1S/C17H10N6S/c18-7-13-17(19)23-16(14-8-20-9-24-14)15(22-13)11-3-4-12-10(6-11)2-1-5-21-12/h1-6,8-9H,(H2,19,23). The number of anilines is 1. The normalized spacial score (nSPS) is 10.6. The molecule has 2 N–H and O–H groups in total. The fourth-order valence-corrected chi connectivity index (χ4v) is 3.07. The molecule has 24 heavy (non-hydrogen) atoms. The van der Waals surface area contributed by atoms with Crippen molar-refractivity contribution >= 4 is 28.1 Å². The van der Waals surface area contributed by atoms with Gasteiger partial charge in [-0.1, -0.05) is 12.1 Å². The second-order valence-electron chi connectivity index (χ2n) is 5.04. The smallest absolute Gasteiger partial charge is 0.183 e. The number of pyridine rings is 1. The predicted octanol–water partition coefficient (Wildman–Crippen LogP) is 3.27. The molecule has 0 bridgehead atoms. The van der Waals surface area contributed by atoms with E-state index >= 15 is 0 Å². The van der Waals surface area contributed by atoms with Crippen LogP contribution in [0, 0.1) is 11.3 Å². The quantitative estimate of drug-likeness (QED) is 0.605. The molecule has 3 aromatic heterocycles. The average molecular weight is 330 g/mol. The van der Waals surface area contributed by atoms with Gasteiger partial charge in [0.05, 0.1) is 21.6 Å². The van der Waals surface area contributed by atoms with Crippen molar-refractivity contribution in [2.24, 2.45) is 0 Å². The third-order valence-corrected chi connectivity index (χ3v) is 4.35. The third kappa shape index (κ3) is 2.35. The fraction of sp³-hybridized carbons (Fsp3) is 0. The Morgan fingerprint density at radius 2 is 2.04 bits per heavy atom. The fourth-order valence-electron chi connectivity index (χ4n) is 2.46. The number of hydrogen-bond acceptors (Lipinski definition) is 7. The second kappa shape index (κ2) is 5.68. The van der Waals surface area contributed by atoms with Crippen molar-refractivity contribution in [3.05, 3.63) is 53.9 Å². The maximum atomic E-state index is 9.23. The molecule has 0 radical (unpaired) electrons. The van der Waals surface area contributed by atoms with Crippen LogP contribution in [0.3, 0.4) is 0 Å². The summed E-state index contributed by atoms with van der Waals surface area (Å²) in [6, 6.07) is 11.7. The molecule has 0 unspecified atom stereocenters. The molecule has 6 nitrogen and oxygen atoms in total. The third-order valence-electron chi connectivity index (χ3n) is 3.57. The van der Waals surface area contributed by atoms with Crippen LogP contribution in [0.5, 0.6) is 0 Å². The molecule has 0 amide bonds. The molecule has 0 aliphatic heterocycles. The van der Waals surface area contributed by atoms with Gasteiger partial charge in [-0.2, -0.15) is 5.26 Å². The second-order valence-corrected chi connectivity index (χ2v) is 5.93. The van der Waals surface area contributed by atoms with E-state index in [0.29, 0.717) is 11.4 Å². The summed E-state index contributed by atoms with van der Waals surface area (Å²) in [7, 11) is 0. The first-order chi connectivity index (χ1) is 11.8. The minimum Gasteiger partial charge on any atom is -0.381 e. The van der Waals surface area contributed by atoms with Crippen LogP contribution in [-0.4, -0.2) is 19.9 Å². The van der Waals surface area contributed by atoms with Crippen LogP contribution in [0.2, 0.25) is 0 Å². The molecule has 4 aromatic rings. The molecule has 1 aromatic carbocycles. The Morgan fingerprint density at radius 1 is 1.12 bits per heavy atom. The zero-order chi connectivity index (χ0) is 16.5. The lowest BCUT2D eigenvalue weighted by Crippen LogP contribution is -2.02. The molecule has 0 saturated carbocycles. The molecule has 0 fully saturated rings. The van der Waals surface area contributed by atoms with Gasteiger partial charge in [0.25, 0.3) is 0 Å². The van der Waals surface area contributed by atoms with E-state index in [-0.39, 0.29) is 11.5 Å². The Morgan fingerprint density at radius 3 is 2.83 bits per heavy atom. The summed E-state index contributed by atoms with van der Waals surface area (Å²) in [4.78, 5) is 18.1. The van der Waals surface area contributed by atoms with Gasteiger partial charge >= 0.3 is 0 Å². The van der Waals surface area contributed by atoms with Gasteiger partial charge in [-0.15, -0.1) is 11.3 Å². The van der Waals surface area contributed by atoms with Crippen LogP contribution in [0.25, 0.3) is 32.7 Å². The zero-order valence-electron chi connectivity index (χ0n) is 12.3. The summed E-state index contributed by atoms with van der Waals surface area (Å²) in [6.07, 6.45) is 3.47. The number of aromatic nitrogens is 4. The Labute approximate surface area is 141 Å². The average Bonchev–Trinajstić information content (AvgIpc) is 3.15. The highest BCUT2D eigenvalue weighted by molar-refractivity contribution is 7.13. The van der Waals surface area contributed by atoms with Crippen molar-refractivity contribution in [2.75, 3.05) is 5.73 Å². The number of nitrogens with zero attached hydrogens (tertiary/aromatic N) is 5. The summed E-state index contributed by atoms with van der Waals surface area (Å²) in [5.41, 5.74) is 10.7. The SMILES string of the molecule is N#Cc1nc(-c2ccc3ncccc3c2)c(-c2cncs2)nc1N. The molecule has 0 aliphatic carbocycles. The number of nitriles is 1. The van der Waals surface area contributed by atoms with Gasteiger partial charge in [0.15, 0.2) is 11.5 Å². The monoisotopic (exact) mass is 330 g/mol. The maximum absolute atomic E-state index is 9.23. The Kier molecular flexibility index (Phi) is 3.37. The van der Waals surface area contributed by atoms with E-state index in [0.717, 1.165) is 21.3 Å². The minimum absolute atomic E-state index is 0.115. The zero-order valence-corrected chi connectivity index (χ0v) is 13.2. The Hall–Kier alpha value is -3.37. The number of thiazole rings is 1. The topological polar surface area (TPSA) is 101 Å². The number of nitrogen functional groups attached to an aromatic ring is 1. The van der Waals surface area contributed by atoms with E-state index in [1.165, 1.54) is 11.3 Å². The summed E-state index contributed by atoms with van der Waals surface area (Å²) in [5.74, 6) is 0.118. The van der Waals surface area contributed by atoms with E-state index in [1.807, 2.05) is 36.4 Å². The summed E-state index contributed by atoms with van der Waals surface area (Å²) in [6.45, 7) is 0.